The maximum atomic E-state index is 5.91. The van der Waals surface area contributed by atoms with Gasteiger partial charge in [0, 0.05) is 26.8 Å². The molecule has 0 aliphatic carbocycles. The number of nitrogens with zero attached hydrogens (tertiary/aromatic N) is 3. The highest BCUT2D eigenvalue weighted by atomic mass is 16.5. The van der Waals surface area contributed by atoms with Crippen molar-refractivity contribution in [2.75, 3.05) is 20.1 Å². The highest BCUT2D eigenvalue weighted by Crippen LogP contribution is 2.13. The summed E-state index contributed by atoms with van der Waals surface area (Å²) >= 11 is 0. The van der Waals surface area contributed by atoms with Crippen LogP contribution in [0, 0.1) is 6.92 Å². The monoisotopic (exact) mass is 329 g/mol. The molecule has 0 aliphatic heterocycles. The van der Waals surface area contributed by atoms with Crippen LogP contribution in [0.4, 0.5) is 0 Å². The lowest BCUT2D eigenvalue weighted by atomic mass is 10.2. The molecule has 0 fully saturated rings. The van der Waals surface area contributed by atoms with Gasteiger partial charge in [-0.3, -0.25) is 9.67 Å². The lowest BCUT2D eigenvalue weighted by Crippen LogP contribution is -2.42. The van der Waals surface area contributed by atoms with E-state index in [2.05, 4.69) is 33.7 Å². The Balaban J connectivity index is 1.70. The topological polar surface area (TPSA) is 63.5 Å². The number of hydrogen-bond acceptors (Lipinski definition) is 3. The van der Waals surface area contributed by atoms with Crippen LogP contribution in [0.1, 0.15) is 18.1 Å². The zero-order valence-corrected chi connectivity index (χ0v) is 14.9. The molecule has 0 amide bonds. The molecule has 1 atom stereocenters. The fourth-order valence-corrected chi connectivity index (χ4v) is 2.35. The third kappa shape index (κ3) is 5.95. The number of rotatable bonds is 7. The van der Waals surface area contributed by atoms with Gasteiger partial charge in [0.1, 0.15) is 11.9 Å². The molecular weight excluding hydrogens is 302 g/mol. The molecule has 2 N–H and O–H groups in total. The minimum Gasteiger partial charge on any atom is -0.489 e. The molecule has 0 spiro atoms. The van der Waals surface area contributed by atoms with Crippen LogP contribution in [-0.2, 0) is 13.5 Å². The van der Waals surface area contributed by atoms with Gasteiger partial charge < -0.3 is 15.4 Å². The zero-order chi connectivity index (χ0) is 17.4. The van der Waals surface area contributed by atoms with E-state index in [4.69, 9.17) is 4.74 Å². The van der Waals surface area contributed by atoms with Gasteiger partial charge in [-0.15, -0.1) is 0 Å². The highest BCUT2D eigenvalue weighted by molar-refractivity contribution is 5.79. The van der Waals surface area contributed by atoms with Crippen molar-refractivity contribution in [2.45, 2.75) is 26.4 Å². The second kappa shape index (κ2) is 8.96. The third-order valence-corrected chi connectivity index (χ3v) is 3.57. The van der Waals surface area contributed by atoms with E-state index in [-0.39, 0.29) is 6.10 Å². The van der Waals surface area contributed by atoms with Crippen LogP contribution in [0.3, 0.4) is 0 Å². The molecule has 1 unspecified atom stereocenters. The summed E-state index contributed by atoms with van der Waals surface area (Å²) in [7, 11) is 3.69. The molecule has 1 aromatic carbocycles. The first-order valence-corrected chi connectivity index (χ1v) is 8.22. The second-order valence-corrected chi connectivity index (χ2v) is 5.90. The van der Waals surface area contributed by atoms with Crippen molar-refractivity contribution >= 4 is 5.96 Å². The predicted octanol–water partition coefficient (Wildman–Crippen LogP) is 1.90. The molecule has 0 aliphatic rings. The quantitative estimate of drug-likeness (QED) is 0.602. The van der Waals surface area contributed by atoms with E-state index in [1.807, 2.05) is 49.2 Å². The maximum absolute atomic E-state index is 5.91. The second-order valence-electron chi connectivity index (χ2n) is 5.90. The summed E-state index contributed by atoms with van der Waals surface area (Å²) in [5.74, 6) is 1.67. The average Bonchev–Trinajstić information content (AvgIpc) is 2.96. The van der Waals surface area contributed by atoms with Crippen LogP contribution in [-0.4, -0.2) is 42.0 Å². The van der Waals surface area contributed by atoms with Gasteiger partial charge in [0.05, 0.1) is 12.7 Å². The van der Waals surface area contributed by atoms with Crippen LogP contribution in [0.15, 0.2) is 41.7 Å². The Morgan fingerprint density at radius 3 is 2.88 bits per heavy atom. The Hall–Kier alpha value is -2.50. The van der Waals surface area contributed by atoms with Crippen LogP contribution in [0.2, 0.25) is 0 Å². The smallest absolute Gasteiger partial charge is 0.191 e. The molecule has 1 heterocycles. The molecule has 0 bridgehead atoms. The molecule has 0 radical (unpaired) electrons. The van der Waals surface area contributed by atoms with Crippen LogP contribution in [0.25, 0.3) is 0 Å². The normalized spacial score (nSPS) is 12.8. The Morgan fingerprint density at radius 2 is 2.21 bits per heavy atom. The zero-order valence-electron chi connectivity index (χ0n) is 14.9. The first kappa shape index (κ1) is 17.8. The Kier molecular flexibility index (Phi) is 6.66. The van der Waals surface area contributed by atoms with E-state index in [1.54, 1.807) is 7.05 Å². The number of aromatic nitrogens is 2. The number of aryl methyl sites for hydroxylation is 2. The minimum absolute atomic E-state index is 0.0451. The van der Waals surface area contributed by atoms with Gasteiger partial charge in [0.15, 0.2) is 5.96 Å². The number of benzene rings is 1. The van der Waals surface area contributed by atoms with E-state index in [0.29, 0.717) is 6.54 Å². The molecule has 2 rings (SSSR count). The number of hydrogen-bond donors (Lipinski definition) is 2. The summed E-state index contributed by atoms with van der Waals surface area (Å²) in [5, 5.41) is 10.8. The number of ether oxygens (including phenoxy) is 1. The number of aliphatic imine (C=N–C) groups is 1. The van der Waals surface area contributed by atoms with Gasteiger partial charge in [-0.1, -0.05) is 12.1 Å². The van der Waals surface area contributed by atoms with Gasteiger partial charge in [-0.05, 0) is 43.5 Å². The molecule has 6 heteroatoms. The van der Waals surface area contributed by atoms with E-state index in [0.717, 1.165) is 24.7 Å². The average molecular weight is 329 g/mol. The molecule has 6 nitrogen and oxygen atoms in total. The SMILES string of the molecule is CN=C(NCCc1cnn(C)c1)NCC(C)Oc1cccc(C)c1. The molecular formula is C18H27N5O. The van der Waals surface area contributed by atoms with Crippen LogP contribution in [0.5, 0.6) is 5.75 Å². The van der Waals surface area contributed by atoms with Crippen molar-refractivity contribution in [1.82, 2.24) is 20.4 Å². The number of guanidine groups is 1. The van der Waals surface area contributed by atoms with E-state index < -0.39 is 0 Å². The fourth-order valence-electron chi connectivity index (χ4n) is 2.35. The van der Waals surface area contributed by atoms with Gasteiger partial charge in [0.25, 0.3) is 0 Å². The van der Waals surface area contributed by atoms with Crippen molar-refractivity contribution in [3.8, 4) is 5.75 Å². The van der Waals surface area contributed by atoms with E-state index >= 15 is 0 Å². The summed E-state index contributed by atoms with van der Waals surface area (Å²) < 4.78 is 7.72. The van der Waals surface area contributed by atoms with Crippen molar-refractivity contribution in [3.63, 3.8) is 0 Å². The van der Waals surface area contributed by atoms with Crippen molar-refractivity contribution in [1.29, 1.82) is 0 Å². The molecule has 1 aromatic heterocycles. The predicted molar refractivity (Wildman–Crippen MR) is 97.5 cm³/mol. The summed E-state index contributed by atoms with van der Waals surface area (Å²) in [6.07, 6.45) is 4.86. The highest BCUT2D eigenvalue weighted by Gasteiger charge is 2.06. The van der Waals surface area contributed by atoms with Crippen LogP contribution >= 0.6 is 0 Å². The van der Waals surface area contributed by atoms with Crippen molar-refractivity contribution < 1.29 is 4.74 Å². The first-order valence-electron chi connectivity index (χ1n) is 8.22. The lowest BCUT2D eigenvalue weighted by Gasteiger charge is -2.18. The van der Waals surface area contributed by atoms with Gasteiger partial charge in [-0.25, -0.2) is 0 Å². The Morgan fingerprint density at radius 1 is 1.38 bits per heavy atom. The minimum atomic E-state index is 0.0451. The molecule has 24 heavy (non-hydrogen) atoms. The standard InChI is InChI=1S/C18H27N5O/c1-14-6-5-7-17(10-14)24-15(2)11-21-18(19-3)20-9-8-16-12-22-23(4)13-16/h5-7,10,12-13,15H,8-9,11H2,1-4H3,(H2,19,20,21). The van der Waals surface area contributed by atoms with E-state index in [9.17, 15) is 0 Å². The summed E-state index contributed by atoms with van der Waals surface area (Å²) in [6, 6.07) is 8.08. The third-order valence-electron chi connectivity index (χ3n) is 3.57. The van der Waals surface area contributed by atoms with Crippen molar-refractivity contribution in [3.05, 3.63) is 47.8 Å². The molecule has 0 saturated carbocycles. The van der Waals surface area contributed by atoms with Gasteiger partial charge >= 0.3 is 0 Å². The number of nitrogens with one attached hydrogen (secondary N) is 2. The van der Waals surface area contributed by atoms with Gasteiger partial charge in [0.2, 0.25) is 0 Å². The summed E-state index contributed by atoms with van der Waals surface area (Å²) in [4.78, 5) is 4.24. The lowest BCUT2D eigenvalue weighted by molar-refractivity contribution is 0.223. The van der Waals surface area contributed by atoms with E-state index in [1.165, 1.54) is 11.1 Å². The Labute approximate surface area is 143 Å². The molecule has 2 aromatic rings. The van der Waals surface area contributed by atoms with Gasteiger partial charge in [-0.2, -0.15) is 5.10 Å². The van der Waals surface area contributed by atoms with Crippen molar-refractivity contribution in [2.24, 2.45) is 12.0 Å². The Bertz CT molecular complexity index is 665. The largest absolute Gasteiger partial charge is 0.489 e. The molecule has 130 valence electrons. The summed E-state index contributed by atoms with van der Waals surface area (Å²) in [5.41, 5.74) is 2.40. The molecule has 0 saturated heterocycles. The maximum Gasteiger partial charge on any atom is 0.191 e. The first-order chi connectivity index (χ1) is 11.6. The fraction of sp³-hybridized carbons (Fsp3) is 0.444. The summed E-state index contributed by atoms with van der Waals surface area (Å²) in [6.45, 7) is 5.58. The van der Waals surface area contributed by atoms with Crippen LogP contribution < -0.4 is 15.4 Å².